The van der Waals surface area contributed by atoms with E-state index in [9.17, 15) is 9.59 Å². The molecule has 0 aliphatic carbocycles. The first kappa shape index (κ1) is 17.7. The Bertz CT molecular complexity index is 572. The molecule has 126 valence electrons. The fourth-order valence-electron chi connectivity index (χ4n) is 2.13. The second-order valence-electron chi connectivity index (χ2n) is 5.85. The Morgan fingerprint density at radius 3 is 2.83 bits per heavy atom. The zero-order valence-corrected chi connectivity index (χ0v) is 14.1. The molecule has 0 radical (unpaired) electrons. The van der Waals surface area contributed by atoms with Crippen molar-refractivity contribution in [1.29, 1.82) is 0 Å². The van der Waals surface area contributed by atoms with E-state index in [0.29, 0.717) is 41.9 Å². The van der Waals surface area contributed by atoms with Gasteiger partial charge in [0.25, 0.3) is 11.8 Å². The van der Waals surface area contributed by atoms with Crippen LogP contribution in [0.1, 0.15) is 24.2 Å². The molecule has 7 heteroatoms. The van der Waals surface area contributed by atoms with Gasteiger partial charge in [-0.1, -0.05) is 25.4 Å². The number of anilines is 1. The van der Waals surface area contributed by atoms with Gasteiger partial charge in [0.1, 0.15) is 6.10 Å². The first-order chi connectivity index (χ1) is 11.0. The van der Waals surface area contributed by atoms with Crippen LogP contribution in [0.4, 0.5) is 5.69 Å². The van der Waals surface area contributed by atoms with Gasteiger partial charge in [-0.25, -0.2) is 0 Å². The van der Waals surface area contributed by atoms with E-state index in [1.54, 1.807) is 18.2 Å². The molecule has 0 bridgehead atoms. The molecular formula is C16H22ClN3O3. The molecule has 1 aromatic carbocycles. The Hall–Kier alpha value is -1.63. The number of morpholine rings is 1. The summed E-state index contributed by atoms with van der Waals surface area (Å²) in [4.78, 5) is 24.1. The molecule has 0 aromatic heterocycles. The van der Waals surface area contributed by atoms with Crippen LogP contribution in [-0.4, -0.2) is 44.2 Å². The maximum atomic E-state index is 12.1. The molecule has 3 N–H and O–H groups in total. The zero-order valence-electron chi connectivity index (χ0n) is 13.3. The molecule has 1 saturated heterocycles. The number of hydrogen-bond donors (Lipinski definition) is 3. The number of carbonyl (C=O) groups is 2. The number of benzene rings is 1. The second-order valence-corrected chi connectivity index (χ2v) is 6.26. The minimum absolute atomic E-state index is 0.221. The smallest absolute Gasteiger partial charge is 0.254 e. The van der Waals surface area contributed by atoms with Crippen molar-refractivity contribution >= 4 is 29.1 Å². The monoisotopic (exact) mass is 339 g/mol. The van der Waals surface area contributed by atoms with Crippen LogP contribution in [0.2, 0.25) is 5.02 Å². The van der Waals surface area contributed by atoms with E-state index >= 15 is 0 Å². The summed E-state index contributed by atoms with van der Waals surface area (Å²) in [5.74, 6) is -0.0907. The van der Waals surface area contributed by atoms with Gasteiger partial charge in [0, 0.05) is 25.3 Å². The van der Waals surface area contributed by atoms with Crippen molar-refractivity contribution in [2.45, 2.75) is 20.0 Å². The summed E-state index contributed by atoms with van der Waals surface area (Å²) in [5.41, 5.74) is 0.926. The van der Waals surface area contributed by atoms with Gasteiger partial charge in [-0.05, 0) is 24.1 Å². The van der Waals surface area contributed by atoms with Gasteiger partial charge in [-0.2, -0.15) is 0 Å². The van der Waals surface area contributed by atoms with Gasteiger partial charge in [-0.3, -0.25) is 9.59 Å². The summed E-state index contributed by atoms with van der Waals surface area (Å²) < 4.78 is 5.39. The van der Waals surface area contributed by atoms with E-state index in [0.717, 1.165) is 6.54 Å². The van der Waals surface area contributed by atoms with Crippen LogP contribution in [-0.2, 0) is 9.53 Å². The molecule has 2 rings (SSSR count). The van der Waals surface area contributed by atoms with Gasteiger partial charge in [0.15, 0.2) is 0 Å². The van der Waals surface area contributed by atoms with E-state index in [2.05, 4.69) is 16.0 Å². The Balaban J connectivity index is 1.98. The predicted molar refractivity (Wildman–Crippen MR) is 89.9 cm³/mol. The largest absolute Gasteiger partial charge is 0.366 e. The first-order valence-electron chi connectivity index (χ1n) is 7.68. The van der Waals surface area contributed by atoms with Crippen LogP contribution in [0.3, 0.4) is 0 Å². The maximum absolute atomic E-state index is 12.1. The molecule has 6 nitrogen and oxygen atoms in total. The number of nitrogens with one attached hydrogen (secondary N) is 3. The van der Waals surface area contributed by atoms with Crippen molar-refractivity contribution in [3.05, 3.63) is 28.8 Å². The molecule has 1 fully saturated rings. The topological polar surface area (TPSA) is 79.5 Å². The van der Waals surface area contributed by atoms with E-state index in [1.807, 2.05) is 13.8 Å². The average molecular weight is 340 g/mol. The van der Waals surface area contributed by atoms with Crippen molar-refractivity contribution in [1.82, 2.24) is 10.6 Å². The maximum Gasteiger partial charge on any atom is 0.254 e. The number of ether oxygens (including phenoxy) is 1. The van der Waals surface area contributed by atoms with Gasteiger partial charge in [-0.15, -0.1) is 0 Å². The first-order valence-corrected chi connectivity index (χ1v) is 8.06. The Morgan fingerprint density at radius 1 is 1.43 bits per heavy atom. The molecule has 1 aliphatic heterocycles. The average Bonchev–Trinajstić information content (AvgIpc) is 2.53. The van der Waals surface area contributed by atoms with E-state index in [4.69, 9.17) is 16.3 Å². The third kappa shape index (κ3) is 5.20. The number of halogens is 1. The highest BCUT2D eigenvalue weighted by Gasteiger charge is 2.22. The van der Waals surface area contributed by atoms with Gasteiger partial charge in [0.2, 0.25) is 0 Å². The van der Waals surface area contributed by atoms with Crippen molar-refractivity contribution in [3.8, 4) is 0 Å². The van der Waals surface area contributed by atoms with E-state index in [-0.39, 0.29) is 11.8 Å². The van der Waals surface area contributed by atoms with Crippen LogP contribution in [0.15, 0.2) is 18.2 Å². The highest BCUT2D eigenvalue weighted by atomic mass is 35.5. The number of hydrogen-bond acceptors (Lipinski definition) is 4. The predicted octanol–water partition coefficient (Wildman–Crippen LogP) is 1.65. The van der Waals surface area contributed by atoms with Crippen LogP contribution in [0.25, 0.3) is 0 Å². The number of carbonyl (C=O) groups excluding carboxylic acids is 2. The lowest BCUT2D eigenvalue weighted by atomic mass is 10.1. The van der Waals surface area contributed by atoms with Crippen LogP contribution in [0, 0.1) is 5.92 Å². The minimum atomic E-state index is -0.517. The van der Waals surface area contributed by atoms with E-state index in [1.165, 1.54) is 0 Å². The van der Waals surface area contributed by atoms with Crippen LogP contribution < -0.4 is 16.0 Å². The Labute approximate surface area is 140 Å². The molecule has 23 heavy (non-hydrogen) atoms. The third-order valence-electron chi connectivity index (χ3n) is 3.37. The van der Waals surface area contributed by atoms with Crippen molar-refractivity contribution in [2.75, 3.05) is 31.6 Å². The molecule has 0 spiro atoms. The molecular weight excluding hydrogens is 318 g/mol. The Kier molecular flexibility index (Phi) is 6.38. The minimum Gasteiger partial charge on any atom is -0.366 e. The van der Waals surface area contributed by atoms with Gasteiger partial charge in [0.05, 0.1) is 17.2 Å². The Morgan fingerprint density at radius 2 is 2.22 bits per heavy atom. The summed E-state index contributed by atoms with van der Waals surface area (Å²) in [6, 6.07) is 4.83. The molecule has 1 aliphatic rings. The summed E-state index contributed by atoms with van der Waals surface area (Å²) in [7, 11) is 0. The highest BCUT2D eigenvalue weighted by molar-refractivity contribution is 6.34. The molecule has 2 amide bonds. The van der Waals surface area contributed by atoms with Gasteiger partial charge >= 0.3 is 0 Å². The second kappa shape index (κ2) is 8.29. The molecule has 1 atom stereocenters. The van der Waals surface area contributed by atoms with Crippen LogP contribution in [0.5, 0.6) is 0 Å². The fraction of sp³-hybridized carbons (Fsp3) is 0.500. The van der Waals surface area contributed by atoms with Crippen molar-refractivity contribution < 1.29 is 14.3 Å². The molecule has 0 saturated carbocycles. The summed E-state index contributed by atoms with van der Waals surface area (Å²) in [6.07, 6.45) is -0.517. The fourth-order valence-corrected chi connectivity index (χ4v) is 2.39. The SMILES string of the molecule is CC(C)CNC(=O)c1ccc(NC(=O)C2CNCCO2)cc1Cl. The lowest BCUT2D eigenvalue weighted by Gasteiger charge is -2.22. The number of amides is 2. The van der Waals surface area contributed by atoms with Gasteiger partial charge < -0.3 is 20.7 Å². The van der Waals surface area contributed by atoms with Crippen LogP contribution >= 0.6 is 11.6 Å². The quantitative estimate of drug-likeness (QED) is 0.762. The van der Waals surface area contributed by atoms with Crippen molar-refractivity contribution in [2.24, 2.45) is 5.92 Å². The lowest BCUT2D eigenvalue weighted by molar-refractivity contribution is -0.128. The lowest BCUT2D eigenvalue weighted by Crippen LogP contribution is -2.45. The summed E-state index contributed by atoms with van der Waals surface area (Å²) in [5, 5.41) is 8.95. The highest BCUT2D eigenvalue weighted by Crippen LogP contribution is 2.21. The van der Waals surface area contributed by atoms with E-state index < -0.39 is 6.10 Å². The third-order valence-corrected chi connectivity index (χ3v) is 3.68. The standard InChI is InChI=1S/C16H22ClN3O3/c1-10(2)8-19-15(21)12-4-3-11(7-13(12)17)20-16(22)14-9-18-5-6-23-14/h3-4,7,10,14,18H,5-6,8-9H2,1-2H3,(H,19,21)(H,20,22). The number of rotatable bonds is 5. The molecule has 1 heterocycles. The van der Waals surface area contributed by atoms with Crippen molar-refractivity contribution in [3.63, 3.8) is 0 Å². The zero-order chi connectivity index (χ0) is 16.8. The molecule has 1 aromatic rings. The summed E-state index contributed by atoms with van der Waals surface area (Å²) in [6.45, 7) is 6.35. The molecule has 1 unspecified atom stereocenters. The summed E-state index contributed by atoms with van der Waals surface area (Å²) >= 11 is 6.15. The normalized spacial score (nSPS) is 17.8.